The predicted octanol–water partition coefficient (Wildman–Crippen LogP) is 7.25. The average molecular weight is 482 g/mol. The van der Waals surface area contributed by atoms with Crippen molar-refractivity contribution in [3.05, 3.63) is 87.9 Å². The van der Waals surface area contributed by atoms with Crippen LogP contribution in [0.2, 0.25) is 5.02 Å². The van der Waals surface area contributed by atoms with Crippen molar-refractivity contribution in [2.45, 2.75) is 32.0 Å². The third-order valence-corrected chi connectivity index (χ3v) is 5.88. The SMILES string of the molecule is CC1(C)C(=O)N(Cc2c(Cl)cccc2Oc2cc(F)cc(F)c2)c2cc(C(F)(F)F)ccc21. The van der Waals surface area contributed by atoms with Crippen molar-refractivity contribution in [3.63, 3.8) is 0 Å². The number of hydrogen-bond acceptors (Lipinski definition) is 2. The predicted molar refractivity (Wildman–Crippen MR) is 114 cm³/mol. The molecule has 0 aromatic heterocycles. The van der Waals surface area contributed by atoms with Crippen LogP contribution in [0.4, 0.5) is 27.6 Å². The Kier molecular flexibility index (Phi) is 5.60. The van der Waals surface area contributed by atoms with Gasteiger partial charge in [-0.2, -0.15) is 13.2 Å². The van der Waals surface area contributed by atoms with Gasteiger partial charge in [-0.3, -0.25) is 4.79 Å². The smallest absolute Gasteiger partial charge is 0.416 e. The first kappa shape index (κ1) is 23.0. The maximum Gasteiger partial charge on any atom is 0.416 e. The van der Waals surface area contributed by atoms with Gasteiger partial charge in [-0.05, 0) is 43.7 Å². The van der Waals surface area contributed by atoms with E-state index >= 15 is 0 Å². The van der Waals surface area contributed by atoms with Gasteiger partial charge in [-0.1, -0.05) is 23.7 Å². The Morgan fingerprint density at radius 3 is 2.30 bits per heavy atom. The second-order valence-corrected chi connectivity index (χ2v) is 8.58. The molecule has 1 heterocycles. The lowest BCUT2D eigenvalue weighted by molar-refractivity contribution is -0.137. The van der Waals surface area contributed by atoms with Crippen molar-refractivity contribution >= 4 is 23.2 Å². The molecule has 0 saturated heterocycles. The minimum Gasteiger partial charge on any atom is -0.457 e. The van der Waals surface area contributed by atoms with Crippen LogP contribution < -0.4 is 9.64 Å². The highest BCUT2D eigenvalue weighted by atomic mass is 35.5. The van der Waals surface area contributed by atoms with E-state index in [0.29, 0.717) is 11.6 Å². The summed E-state index contributed by atoms with van der Waals surface area (Å²) in [7, 11) is 0. The van der Waals surface area contributed by atoms with Crippen LogP contribution in [0.1, 0.15) is 30.5 Å². The van der Waals surface area contributed by atoms with E-state index in [-0.39, 0.29) is 34.3 Å². The van der Waals surface area contributed by atoms with E-state index in [4.69, 9.17) is 16.3 Å². The first-order chi connectivity index (χ1) is 15.4. The van der Waals surface area contributed by atoms with Crippen LogP contribution in [0.5, 0.6) is 11.5 Å². The molecule has 3 aromatic rings. The molecule has 0 aliphatic carbocycles. The van der Waals surface area contributed by atoms with Gasteiger partial charge in [0.15, 0.2) is 0 Å². The molecular weight excluding hydrogens is 465 g/mol. The largest absolute Gasteiger partial charge is 0.457 e. The number of carbonyl (C=O) groups excluding carboxylic acids is 1. The minimum atomic E-state index is -4.59. The Morgan fingerprint density at radius 1 is 1.00 bits per heavy atom. The number of anilines is 1. The summed E-state index contributed by atoms with van der Waals surface area (Å²) in [5.74, 6) is -2.14. The molecule has 172 valence electrons. The fraction of sp³-hybridized carbons (Fsp3) is 0.208. The zero-order valence-electron chi connectivity index (χ0n) is 17.4. The van der Waals surface area contributed by atoms with E-state index < -0.39 is 34.7 Å². The second kappa shape index (κ2) is 8.02. The number of amides is 1. The number of benzene rings is 3. The molecule has 0 unspecified atom stereocenters. The number of carbonyl (C=O) groups is 1. The highest BCUT2D eigenvalue weighted by Crippen LogP contribution is 2.46. The van der Waals surface area contributed by atoms with Gasteiger partial charge in [0.2, 0.25) is 5.91 Å². The van der Waals surface area contributed by atoms with Crippen LogP contribution in [0.3, 0.4) is 0 Å². The van der Waals surface area contributed by atoms with Gasteiger partial charge in [0.05, 0.1) is 17.5 Å². The topological polar surface area (TPSA) is 29.5 Å². The van der Waals surface area contributed by atoms with Gasteiger partial charge in [-0.25, -0.2) is 8.78 Å². The van der Waals surface area contributed by atoms with Gasteiger partial charge in [0, 0.05) is 34.5 Å². The van der Waals surface area contributed by atoms with E-state index in [1.54, 1.807) is 19.9 Å². The van der Waals surface area contributed by atoms with Crippen LogP contribution in [0.25, 0.3) is 0 Å². The van der Waals surface area contributed by atoms with Crippen LogP contribution in [0.15, 0.2) is 54.6 Å². The maximum absolute atomic E-state index is 13.6. The van der Waals surface area contributed by atoms with E-state index in [1.165, 1.54) is 23.1 Å². The van der Waals surface area contributed by atoms with Gasteiger partial charge in [-0.15, -0.1) is 0 Å². The van der Waals surface area contributed by atoms with Crippen molar-refractivity contribution < 1.29 is 31.5 Å². The normalized spacial score (nSPS) is 15.0. The number of halogens is 6. The molecule has 0 bridgehead atoms. The van der Waals surface area contributed by atoms with Crippen molar-refractivity contribution in [2.24, 2.45) is 0 Å². The zero-order valence-corrected chi connectivity index (χ0v) is 18.2. The van der Waals surface area contributed by atoms with Crippen LogP contribution >= 0.6 is 11.6 Å². The first-order valence-electron chi connectivity index (χ1n) is 9.83. The van der Waals surface area contributed by atoms with Crippen LogP contribution in [-0.2, 0) is 22.9 Å². The lowest BCUT2D eigenvalue weighted by atomic mass is 9.86. The zero-order chi connectivity index (χ0) is 24.1. The Labute approximate surface area is 191 Å². The molecule has 1 aliphatic heterocycles. The molecule has 0 spiro atoms. The van der Waals surface area contributed by atoms with Gasteiger partial charge in [0.25, 0.3) is 0 Å². The molecule has 9 heteroatoms. The summed E-state index contributed by atoms with van der Waals surface area (Å²) >= 11 is 6.34. The van der Waals surface area contributed by atoms with Crippen molar-refractivity contribution in [1.29, 1.82) is 0 Å². The standard InChI is InChI=1S/C24H17ClF5NO2/c1-23(2)18-7-6-13(24(28,29)30)8-20(18)31(22(23)32)12-17-19(25)4-3-5-21(17)33-16-10-14(26)9-15(27)11-16/h3-11H,12H2,1-2H3. The molecule has 1 amide bonds. The van der Waals surface area contributed by atoms with Gasteiger partial charge >= 0.3 is 6.18 Å². The molecule has 0 atom stereocenters. The Morgan fingerprint density at radius 2 is 1.67 bits per heavy atom. The average Bonchev–Trinajstić information content (AvgIpc) is 2.89. The molecule has 0 N–H and O–H groups in total. The van der Waals surface area contributed by atoms with Crippen LogP contribution in [0, 0.1) is 11.6 Å². The van der Waals surface area contributed by atoms with Crippen molar-refractivity contribution in [1.82, 2.24) is 0 Å². The Balaban J connectivity index is 1.76. The summed E-state index contributed by atoms with van der Waals surface area (Å²) in [6.45, 7) is 3.05. The number of rotatable bonds is 4. The van der Waals surface area contributed by atoms with Crippen molar-refractivity contribution in [3.8, 4) is 11.5 Å². The highest BCUT2D eigenvalue weighted by Gasteiger charge is 2.45. The number of fused-ring (bicyclic) bond motifs is 1. The van der Waals surface area contributed by atoms with Gasteiger partial charge < -0.3 is 9.64 Å². The van der Waals surface area contributed by atoms with Crippen LogP contribution in [-0.4, -0.2) is 5.91 Å². The molecule has 0 saturated carbocycles. The molecule has 0 fully saturated rings. The maximum atomic E-state index is 13.6. The third kappa shape index (κ3) is 4.27. The minimum absolute atomic E-state index is 0.110. The second-order valence-electron chi connectivity index (χ2n) is 8.17. The molecule has 33 heavy (non-hydrogen) atoms. The lowest BCUT2D eigenvalue weighted by Crippen LogP contribution is -2.35. The number of alkyl halides is 3. The van der Waals surface area contributed by atoms with Crippen molar-refractivity contribution in [2.75, 3.05) is 4.90 Å². The molecule has 3 aromatic carbocycles. The summed E-state index contributed by atoms with van der Waals surface area (Å²) in [5.41, 5.74) is -1.11. The number of hydrogen-bond donors (Lipinski definition) is 0. The molecular formula is C24H17ClF5NO2. The molecule has 0 radical (unpaired) electrons. The first-order valence-corrected chi connectivity index (χ1v) is 10.2. The monoisotopic (exact) mass is 481 g/mol. The fourth-order valence-corrected chi connectivity index (χ4v) is 4.06. The molecule has 3 nitrogen and oxygen atoms in total. The molecule has 1 aliphatic rings. The summed E-state index contributed by atoms with van der Waals surface area (Å²) in [5, 5.41) is 0.176. The van der Waals surface area contributed by atoms with E-state index in [2.05, 4.69) is 0 Å². The number of nitrogens with zero attached hydrogens (tertiary/aromatic N) is 1. The van der Waals surface area contributed by atoms with Gasteiger partial charge in [0.1, 0.15) is 23.1 Å². The van der Waals surface area contributed by atoms with E-state index in [0.717, 1.165) is 24.3 Å². The summed E-state index contributed by atoms with van der Waals surface area (Å²) in [4.78, 5) is 14.4. The Hall–Kier alpha value is -3.13. The van der Waals surface area contributed by atoms with E-state index in [1.807, 2.05) is 0 Å². The third-order valence-electron chi connectivity index (χ3n) is 5.52. The fourth-order valence-electron chi connectivity index (χ4n) is 3.84. The summed E-state index contributed by atoms with van der Waals surface area (Å²) in [6, 6.07) is 10.4. The lowest BCUT2D eigenvalue weighted by Gasteiger charge is -2.23. The summed E-state index contributed by atoms with van der Waals surface area (Å²) in [6.07, 6.45) is -4.59. The summed E-state index contributed by atoms with van der Waals surface area (Å²) < 4.78 is 72.8. The number of ether oxygens (including phenoxy) is 1. The molecule has 4 rings (SSSR count). The Bertz CT molecular complexity index is 1240. The quantitative estimate of drug-likeness (QED) is 0.367. The highest BCUT2D eigenvalue weighted by molar-refractivity contribution is 6.31. The van der Waals surface area contributed by atoms with E-state index in [9.17, 15) is 26.7 Å².